The third-order valence-corrected chi connectivity index (χ3v) is 5.15. The molecule has 0 aromatic heterocycles. The Balaban J connectivity index is 1.78. The molecule has 7 heteroatoms. The van der Waals surface area contributed by atoms with E-state index in [4.69, 9.17) is 19.3 Å². The number of hydrogen-bond donors (Lipinski definition) is 1. The van der Waals surface area contributed by atoms with Gasteiger partial charge in [0.25, 0.3) is 0 Å². The lowest BCUT2D eigenvalue weighted by atomic mass is 10.1. The summed E-state index contributed by atoms with van der Waals surface area (Å²) in [7, 11) is 3.35. The normalized spacial score (nSPS) is 11.8. The van der Waals surface area contributed by atoms with Crippen LogP contribution in [0, 0.1) is 12.7 Å². The number of benzene rings is 3. The van der Waals surface area contributed by atoms with Crippen molar-refractivity contribution in [3.8, 4) is 23.0 Å². The first-order valence-corrected chi connectivity index (χ1v) is 10.6. The maximum absolute atomic E-state index is 13.4. The van der Waals surface area contributed by atoms with Crippen LogP contribution >= 0.6 is 0 Å². The first-order chi connectivity index (χ1) is 15.8. The molecular formula is C26H28FNO5. The molecular weight excluding hydrogens is 425 g/mol. The van der Waals surface area contributed by atoms with Crippen molar-refractivity contribution in [3.63, 3.8) is 0 Å². The lowest BCUT2D eigenvalue weighted by Gasteiger charge is -2.23. The van der Waals surface area contributed by atoms with Crippen molar-refractivity contribution >= 4 is 5.97 Å². The van der Waals surface area contributed by atoms with Crippen LogP contribution < -0.4 is 14.2 Å². The number of nitrogens with zero attached hydrogens (tertiary/aromatic N) is 1. The summed E-state index contributed by atoms with van der Waals surface area (Å²) in [5.74, 6) is 1.44. The van der Waals surface area contributed by atoms with Gasteiger partial charge in [0, 0.05) is 19.0 Å². The van der Waals surface area contributed by atoms with Gasteiger partial charge in [-0.15, -0.1) is 0 Å². The Kier molecular flexibility index (Phi) is 8.27. The van der Waals surface area contributed by atoms with Gasteiger partial charge in [0.15, 0.2) is 0 Å². The highest BCUT2D eigenvalue weighted by Crippen LogP contribution is 2.33. The minimum Gasteiger partial charge on any atom is -0.497 e. The van der Waals surface area contributed by atoms with Crippen LogP contribution in [0.4, 0.5) is 4.39 Å². The summed E-state index contributed by atoms with van der Waals surface area (Å²) in [5, 5.41) is 9.00. The Bertz CT molecular complexity index is 1050. The Labute approximate surface area is 193 Å². The quantitative estimate of drug-likeness (QED) is 0.416. The van der Waals surface area contributed by atoms with Gasteiger partial charge in [0.05, 0.1) is 13.7 Å². The zero-order chi connectivity index (χ0) is 23.8. The lowest BCUT2D eigenvalue weighted by Crippen LogP contribution is -2.28. The number of hydrogen-bond acceptors (Lipinski definition) is 5. The van der Waals surface area contributed by atoms with Crippen LogP contribution in [-0.4, -0.2) is 43.2 Å². The molecule has 0 aliphatic heterocycles. The molecule has 0 bridgehead atoms. The fourth-order valence-corrected chi connectivity index (χ4v) is 3.32. The predicted molar refractivity (Wildman–Crippen MR) is 124 cm³/mol. The van der Waals surface area contributed by atoms with Crippen molar-refractivity contribution in [2.75, 3.05) is 27.2 Å². The summed E-state index contributed by atoms with van der Waals surface area (Å²) in [6.45, 7) is 2.37. The average molecular weight is 454 g/mol. The first kappa shape index (κ1) is 24.1. The molecule has 6 nitrogen and oxygen atoms in total. The van der Waals surface area contributed by atoms with Gasteiger partial charge in [-0.2, -0.15) is 0 Å². The molecule has 1 atom stereocenters. The molecule has 33 heavy (non-hydrogen) atoms. The second kappa shape index (κ2) is 11.3. The molecule has 3 rings (SSSR count). The summed E-state index contributed by atoms with van der Waals surface area (Å²) in [5.41, 5.74) is 1.75. The number of ether oxygens (including phenoxy) is 3. The molecule has 174 valence electrons. The van der Waals surface area contributed by atoms with E-state index in [0.717, 1.165) is 16.9 Å². The topological polar surface area (TPSA) is 68.2 Å². The monoisotopic (exact) mass is 453 g/mol. The third kappa shape index (κ3) is 7.22. The minimum absolute atomic E-state index is 0.0689. The van der Waals surface area contributed by atoms with Crippen LogP contribution in [0.25, 0.3) is 0 Å². The number of halogens is 1. The zero-order valence-electron chi connectivity index (χ0n) is 19.0. The molecule has 0 radical (unpaired) electrons. The molecule has 0 aliphatic carbocycles. The van der Waals surface area contributed by atoms with Crippen LogP contribution in [0.3, 0.4) is 0 Å². The van der Waals surface area contributed by atoms with Gasteiger partial charge in [0.1, 0.15) is 34.9 Å². The molecule has 1 unspecified atom stereocenters. The van der Waals surface area contributed by atoms with Crippen LogP contribution in [0.2, 0.25) is 0 Å². The lowest BCUT2D eigenvalue weighted by molar-refractivity contribution is -0.138. The van der Waals surface area contributed by atoms with Gasteiger partial charge in [-0.25, -0.2) is 4.39 Å². The number of rotatable bonds is 11. The Morgan fingerprint density at radius 1 is 1.00 bits per heavy atom. The maximum atomic E-state index is 13.4. The van der Waals surface area contributed by atoms with Crippen LogP contribution in [-0.2, 0) is 4.79 Å². The maximum Gasteiger partial charge on any atom is 0.317 e. The van der Waals surface area contributed by atoms with Crippen molar-refractivity contribution in [3.05, 3.63) is 83.7 Å². The highest BCUT2D eigenvalue weighted by Gasteiger charge is 2.17. The SMILES string of the molecule is COc1ccc(Oc2cc(OC(CCN(C)CC(=O)O)c3ccc(F)cc3)ccc2C)cc1. The van der Waals surface area contributed by atoms with Crippen molar-refractivity contribution in [1.82, 2.24) is 4.90 Å². The summed E-state index contributed by atoms with van der Waals surface area (Å²) in [6, 6.07) is 19.0. The number of likely N-dealkylation sites (N-methyl/N-ethyl adjacent to an activating group) is 1. The van der Waals surface area contributed by atoms with E-state index >= 15 is 0 Å². The molecule has 0 spiro atoms. The number of aliphatic carboxylic acids is 1. The Morgan fingerprint density at radius 2 is 1.64 bits per heavy atom. The highest BCUT2D eigenvalue weighted by molar-refractivity contribution is 5.69. The molecule has 1 N–H and O–H groups in total. The fraction of sp³-hybridized carbons (Fsp3) is 0.269. The van der Waals surface area contributed by atoms with E-state index in [1.807, 2.05) is 49.4 Å². The molecule has 0 amide bonds. The zero-order valence-corrected chi connectivity index (χ0v) is 19.0. The fourth-order valence-electron chi connectivity index (χ4n) is 3.32. The van der Waals surface area contributed by atoms with Gasteiger partial charge in [0.2, 0.25) is 0 Å². The van der Waals surface area contributed by atoms with E-state index in [1.165, 1.54) is 12.1 Å². The Morgan fingerprint density at radius 3 is 2.27 bits per heavy atom. The summed E-state index contributed by atoms with van der Waals surface area (Å²) in [6.07, 6.45) is 0.135. The first-order valence-electron chi connectivity index (χ1n) is 10.6. The molecule has 0 saturated heterocycles. The second-order valence-corrected chi connectivity index (χ2v) is 7.78. The van der Waals surface area contributed by atoms with Gasteiger partial charge in [-0.05, 0) is 67.6 Å². The van der Waals surface area contributed by atoms with Crippen molar-refractivity contribution in [2.24, 2.45) is 0 Å². The van der Waals surface area contributed by atoms with Gasteiger partial charge in [-0.1, -0.05) is 18.2 Å². The molecule has 0 fully saturated rings. The number of carbonyl (C=O) groups is 1. The summed E-state index contributed by atoms with van der Waals surface area (Å²) in [4.78, 5) is 12.7. The summed E-state index contributed by atoms with van der Waals surface area (Å²) < 4.78 is 30.9. The van der Waals surface area contributed by atoms with Gasteiger partial charge >= 0.3 is 5.97 Å². The largest absolute Gasteiger partial charge is 0.497 e. The van der Waals surface area contributed by atoms with E-state index in [0.29, 0.717) is 30.2 Å². The van der Waals surface area contributed by atoms with E-state index in [-0.39, 0.29) is 12.4 Å². The minimum atomic E-state index is -0.893. The van der Waals surface area contributed by atoms with Gasteiger partial charge in [-0.3, -0.25) is 9.69 Å². The van der Waals surface area contributed by atoms with E-state index in [1.54, 1.807) is 31.2 Å². The van der Waals surface area contributed by atoms with Crippen molar-refractivity contribution in [2.45, 2.75) is 19.4 Å². The standard InChI is InChI=1S/C26H28FNO5/c1-18-4-9-23(16-25(18)32-22-12-10-21(31-3)11-13-22)33-24(14-15-28(2)17-26(29)30)19-5-7-20(27)8-6-19/h4-13,16,24H,14-15,17H2,1-3H3,(H,29,30). The second-order valence-electron chi connectivity index (χ2n) is 7.78. The smallest absolute Gasteiger partial charge is 0.317 e. The van der Waals surface area contributed by atoms with E-state index in [9.17, 15) is 9.18 Å². The molecule has 3 aromatic carbocycles. The summed E-state index contributed by atoms with van der Waals surface area (Å²) >= 11 is 0. The number of carboxylic acid groups (broad SMARTS) is 1. The van der Waals surface area contributed by atoms with Crippen molar-refractivity contribution < 1.29 is 28.5 Å². The van der Waals surface area contributed by atoms with Crippen LogP contribution in [0.1, 0.15) is 23.7 Å². The number of carboxylic acids is 1. The molecule has 0 aliphatic rings. The average Bonchev–Trinajstić information content (AvgIpc) is 2.79. The predicted octanol–water partition coefficient (Wildman–Crippen LogP) is 5.46. The van der Waals surface area contributed by atoms with E-state index in [2.05, 4.69) is 0 Å². The Hall–Kier alpha value is -3.58. The third-order valence-electron chi connectivity index (χ3n) is 5.15. The van der Waals surface area contributed by atoms with Crippen LogP contribution in [0.15, 0.2) is 66.7 Å². The van der Waals surface area contributed by atoms with E-state index < -0.39 is 12.1 Å². The van der Waals surface area contributed by atoms with Gasteiger partial charge < -0.3 is 19.3 Å². The van der Waals surface area contributed by atoms with Crippen molar-refractivity contribution in [1.29, 1.82) is 0 Å². The number of methoxy groups -OCH3 is 1. The highest BCUT2D eigenvalue weighted by atomic mass is 19.1. The molecule has 0 heterocycles. The molecule has 3 aromatic rings. The number of aryl methyl sites for hydroxylation is 1. The molecule has 0 saturated carbocycles. The van der Waals surface area contributed by atoms with Crippen LogP contribution in [0.5, 0.6) is 23.0 Å².